The molecule has 0 unspecified atom stereocenters. The van der Waals surface area contributed by atoms with Crippen LogP contribution >= 0.6 is 0 Å². The van der Waals surface area contributed by atoms with Crippen LogP contribution in [0.25, 0.3) is 0 Å². The second-order valence-corrected chi connectivity index (χ2v) is 3.04. The van der Waals surface area contributed by atoms with Crippen molar-refractivity contribution in [2.24, 2.45) is 0 Å². The third kappa shape index (κ3) is 1.89. The zero-order chi connectivity index (χ0) is 10.9. The van der Waals surface area contributed by atoms with E-state index in [1.54, 1.807) is 13.8 Å². The lowest BCUT2D eigenvalue weighted by Gasteiger charge is -2.09. The SMILES string of the molecule is CC(=O)Oc1c(C)c(C)cc(F)c1F. The lowest BCUT2D eigenvalue weighted by molar-refractivity contribution is -0.132. The molecule has 0 aliphatic rings. The molecular formula is C10H10F2O2. The molecule has 0 saturated heterocycles. The number of esters is 1. The summed E-state index contributed by atoms with van der Waals surface area (Å²) in [4.78, 5) is 10.6. The molecule has 14 heavy (non-hydrogen) atoms. The summed E-state index contributed by atoms with van der Waals surface area (Å²) in [5.41, 5.74) is 0.972. The summed E-state index contributed by atoms with van der Waals surface area (Å²) in [5, 5.41) is 0. The maximum atomic E-state index is 13.2. The molecule has 0 amide bonds. The molecular weight excluding hydrogens is 190 g/mol. The largest absolute Gasteiger partial charge is 0.423 e. The van der Waals surface area contributed by atoms with E-state index in [1.807, 2.05) is 0 Å². The van der Waals surface area contributed by atoms with Crippen LogP contribution in [0.1, 0.15) is 18.1 Å². The van der Waals surface area contributed by atoms with Crippen molar-refractivity contribution >= 4 is 5.97 Å². The van der Waals surface area contributed by atoms with Crippen molar-refractivity contribution < 1.29 is 18.3 Å². The molecule has 76 valence electrons. The molecule has 1 aromatic rings. The lowest BCUT2D eigenvalue weighted by atomic mass is 10.1. The molecule has 4 heteroatoms. The number of carbonyl (C=O) groups excluding carboxylic acids is 1. The van der Waals surface area contributed by atoms with E-state index in [-0.39, 0.29) is 5.75 Å². The Kier molecular flexibility index (Phi) is 2.84. The highest BCUT2D eigenvalue weighted by Gasteiger charge is 2.16. The molecule has 0 spiro atoms. The zero-order valence-corrected chi connectivity index (χ0v) is 8.15. The summed E-state index contributed by atoms with van der Waals surface area (Å²) < 4.78 is 30.6. The van der Waals surface area contributed by atoms with Crippen LogP contribution in [-0.2, 0) is 4.79 Å². The summed E-state index contributed by atoms with van der Waals surface area (Å²) in [5.74, 6) is -3.13. The fourth-order valence-electron chi connectivity index (χ4n) is 1.08. The Morgan fingerprint density at radius 1 is 1.36 bits per heavy atom. The van der Waals surface area contributed by atoms with Gasteiger partial charge in [-0.15, -0.1) is 0 Å². The van der Waals surface area contributed by atoms with E-state index in [1.165, 1.54) is 0 Å². The Balaban J connectivity index is 3.31. The Labute approximate surface area is 80.5 Å². The van der Waals surface area contributed by atoms with Crippen LogP contribution in [-0.4, -0.2) is 5.97 Å². The van der Waals surface area contributed by atoms with E-state index in [4.69, 9.17) is 0 Å². The van der Waals surface area contributed by atoms with Crippen molar-refractivity contribution in [2.45, 2.75) is 20.8 Å². The van der Waals surface area contributed by atoms with Gasteiger partial charge in [-0.3, -0.25) is 4.79 Å². The molecule has 0 aromatic heterocycles. The first-order chi connectivity index (χ1) is 6.43. The number of halogens is 2. The number of aryl methyl sites for hydroxylation is 1. The summed E-state index contributed by atoms with van der Waals surface area (Å²) >= 11 is 0. The maximum Gasteiger partial charge on any atom is 0.308 e. The van der Waals surface area contributed by atoms with E-state index in [2.05, 4.69) is 4.74 Å². The fourth-order valence-corrected chi connectivity index (χ4v) is 1.08. The Hall–Kier alpha value is -1.45. The average molecular weight is 200 g/mol. The smallest absolute Gasteiger partial charge is 0.308 e. The highest BCUT2D eigenvalue weighted by Crippen LogP contribution is 2.27. The summed E-state index contributed by atoms with van der Waals surface area (Å²) in [6.45, 7) is 4.32. The van der Waals surface area contributed by atoms with Crippen molar-refractivity contribution in [3.63, 3.8) is 0 Å². The van der Waals surface area contributed by atoms with Crippen molar-refractivity contribution in [1.29, 1.82) is 0 Å². The van der Waals surface area contributed by atoms with E-state index in [0.29, 0.717) is 11.1 Å². The van der Waals surface area contributed by atoms with Gasteiger partial charge in [-0.2, -0.15) is 4.39 Å². The van der Waals surface area contributed by atoms with Crippen LogP contribution in [0.4, 0.5) is 8.78 Å². The van der Waals surface area contributed by atoms with Gasteiger partial charge in [0.05, 0.1) is 0 Å². The molecule has 0 fully saturated rings. The summed E-state index contributed by atoms with van der Waals surface area (Å²) in [7, 11) is 0. The standard InChI is InChI=1S/C10H10F2O2/c1-5-4-8(11)9(12)10(6(5)2)14-7(3)13/h4H,1-3H3. The van der Waals surface area contributed by atoms with Crippen LogP contribution < -0.4 is 4.74 Å². The van der Waals surface area contributed by atoms with Crippen molar-refractivity contribution in [3.05, 3.63) is 28.8 Å². The van der Waals surface area contributed by atoms with Crippen LogP contribution in [0.3, 0.4) is 0 Å². The van der Waals surface area contributed by atoms with Gasteiger partial charge in [-0.05, 0) is 31.0 Å². The number of hydrogen-bond acceptors (Lipinski definition) is 2. The van der Waals surface area contributed by atoms with Crippen LogP contribution in [0.2, 0.25) is 0 Å². The Bertz CT molecular complexity index is 360. The lowest BCUT2D eigenvalue weighted by Crippen LogP contribution is -2.07. The summed E-state index contributed by atoms with van der Waals surface area (Å²) in [6.07, 6.45) is 0. The topological polar surface area (TPSA) is 26.3 Å². The first kappa shape index (κ1) is 10.6. The van der Waals surface area contributed by atoms with E-state index < -0.39 is 17.6 Å². The molecule has 1 aromatic carbocycles. The van der Waals surface area contributed by atoms with Gasteiger partial charge in [0.1, 0.15) is 0 Å². The third-order valence-electron chi connectivity index (χ3n) is 1.93. The van der Waals surface area contributed by atoms with Gasteiger partial charge >= 0.3 is 5.97 Å². The minimum Gasteiger partial charge on any atom is -0.423 e. The minimum atomic E-state index is -1.12. The number of benzene rings is 1. The predicted molar refractivity (Wildman–Crippen MR) is 47.1 cm³/mol. The molecule has 0 bridgehead atoms. The van der Waals surface area contributed by atoms with Gasteiger partial charge in [0, 0.05) is 6.92 Å². The van der Waals surface area contributed by atoms with E-state index in [0.717, 1.165) is 13.0 Å². The first-order valence-electron chi connectivity index (χ1n) is 4.07. The highest BCUT2D eigenvalue weighted by molar-refractivity contribution is 5.70. The zero-order valence-electron chi connectivity index (χ0n) is 8.15. The molecule has 1 rings (SSSR count). The minimum absolute atomic E-state index is 0.324. The van der Waals surface area contributed by atoms with E-state index in [9.17, 15) is 13.6 Å². The monoisotopic (exact) mass is 200 g/mol. The second-order valence-electron chi connectivity index (χ2n) is 3.04. The van der Waals surface area contributed by atoms with Crippen molar-refractivity contribution in [2.75, 3.05) is 0 Å². The third-order valence-corrected chi connectivity index (χ3v) is 1.93. The van der Waals surface area contributed by atoms with Crippen molar-refractivity contribution in [3.8, 4) is 5.75 Å². The Morgan fingerprint density at radius 3 is 2.43 bits per heavy atom. The van der Waals surface area contributed by atoms with Gasteiger partial charge in [-0.25, -0.2) is 4.39 Å². The molecule has 0 heterocycles. The molecule has 0 aliphatic heterocycles. The Morgan fingerprint density at radius 2 is 1.93 bits per heavy atom. The first-order valence-corrected chi connectivity index (χ1v) is 4.07. The number of hydrogen-bond donors (Lipinski definition) is 0. The maximum absolute atomic E-state index is 13.2. The van der Waals surface area contributed by atoms with Crippen LogP contribution in [0.5, 0.6) is 5.75 Å². The van der Waals surface area contributed by atoms with Gasteiger partial charge in [-0.1, -0.05) is 0 Å². The molecule has 0 radical (unpaired) electrons. The van der Waals surface area contributed by atoms with Crippen LogP contribution in [0.15, 0.2) is 6.07 Å². The molecule has 0 saturated carbocycles. The van der Waals surface area contributed by atoms with Gasteiger partial charge in [0.25, 0.3) is 0 Å². The van der Waals surface area contributed by atoms with Crippen molar-refractivity contribution in [1.82, 2.24) is 0 Å². The predicted octanol–water partition coefficient (Wildman–Crippen LogP) is 2.51. The fraction of sp³-hybridized carbons (Fsp3) is 0.300. The molecule has 0 atom stereocenters. The summed E-state index contributed by atoms with van der Waals surface area (Å²) in [6, 6.07) is 1.07. The molecule has 0 N–H and O–H groups in total. The number of carbonyl (C=O) groups is 1. The van der Waals surface area contributed by atoms with Crippen LogP contribution in [0, 0.1) is 25.5 Å². The van der Waals surface area contributed by atoms with Gasteiger partial charge in [0.2, 0.25) is 5.82 Å². The molecule has 0 aliphatic carbocycles. The second kappa shape index (κ2) is 3.74. The number of rotatable bonds is 1. The normalized spacial score (nSPS) is 10.1. The molecule has 2 nitrogen and oxygen atoms in total. The quantitative estimate of drug-likeness (QED) is 0.514. The average Bonchev–Trinajstić information content (AvgIpc) is 2.09. The van der Waals surface area contributed by atoms with Gasteiger partial charge in [0.15, 0.2) is 11.6 Å². The highest BCUT2D eigenvalue weighted by atomic mass is 19.2. The number of ether oxygens (including phenoxy) is 1. The van der Waals surface area contributed by atoms with Gasteiger partial charge < -0.3 is 4.74 Å². The van der Waals surface area contributed by atoms with E-state index >= 15 is 0 Å².